The van der Waals surface area contributed by atoms with Crippen molar-refractivity contribution >= 4 is 21.7 Å². The van der Waals surface area contributed by atoms with Gasteiger partial charge in [0.25, 0.3) is 0 Å². The van der Waals surface area contributed by atoms with Crippen LogP contribution in [0.25, 0.3) is 10.9 Å². The smallest absolute Gasteiger partial charge is 0.0467 e. The first-order chi connectivity index (χ1) is 8.20. The van der Waals surface area contributed by atoms with Gasteiger partial charge in [-0.3, -0.25) is 4.21 Å². The van der Waals surface area contributed by atoms with Crippen LogP contribution in [0.4, 0.5) is 0 Å². The monoisotopic (exact) mass is 442 g/mol. The Hall–Kier alpha value is 0.623. The Morgan fingerprint density at radius 2 is 1.61 bits per heavy atom. The SMILES string of the molecule is CS(C)=[OH+].[ClH+][Ru]([ClH+])([ClH+])[ClH+].c1ccc2n[n-]cc2c1. The summed E-state index contributed by atoms with van der Waals surface area (Å²) < 4.78 is 8.08. The van der Waals surface area contributed by atoms with E-state index >= 15 is 0 Å². The molecule has 106 valence electrons. The zero-order valence-electron chi connectivity index (χ0n) is 9.62. The van der Waals surface area contributed by atoms with Crippen molar-refractivity contribution in [3.05, 3.63) is 30.5 Å². The third-order valence-corrected chi connectivity index (χ3v) is 1.30. The summed E-state index contributed by atoms with van der Waals surface area (Å²) in [5.74, 6) is 0. The quantitative estimate of drug-likeness (QED) is 0.434. The zero-order chi connectivity index (χ0) is 14.2. The summed E-state index contributed by atoms with van der Waals surface area (Å²) in [7, 11) is 14.9. The van der Waals surface area contributed by atoms with Gasteiger partial charge < -0.3 is 10.2 Å². The Labute approximate surface area is 128 Å². The molecule has 0 aliphatic carbocycles. The van der Waals surface area contributed by atoms with Crippen molar-refractivity contribution in [2.45, 2.75) is 0 Å². The van der Waals surface area contributed by atoms with Crippen LogP contribution in [0.5, 0.6) is 0 Å². The molecular weight excluding hydrogens is 427 g/mol. The van der Waals surface area contributed by atoms with E-state index in [0.717, 1.165) is 10.9 Å². The van der Waals surface area contributed by atoms with Crippen LogP contribution in [0.15, 0.2) is 30.5 Å². The third kappa shape index (κ3) is 13.1. The Kier molecular flexibility index (Phi) is 9.84. The summed E-state index contributed by atoms with van der Waals surface area (Å²) in [6, 6.07) is 7.88. The minimum Gasteiger partial charge on any atom is -0.581 e. The van der Waals surface area contributed by atoms with Crippen LogP contribution in [0.3, 0.4) is 0 Å². The maximum Gasteiger partial charge on any atom is 0.0467 e. The average Bonchev–Trinajstić information content (AvgIpc) is 2.61. The van der Waals surface area contributed by atoms with Gasteiger partial charge in [0, 0.05) is 5.52 Å². The molecule has 1 aromatic heterocycles. The van der Waals surface area contributed by atoms with Crippen molar-refractivity contribution in [2.75, 3.05) is 12.5 Å². The summed E-state index contributed by atoms with van der Waals surface area (Å²) >= 11 is 0. The number of aromatic nitrogens is 2. The second-order valence-corrected chi connectivity index (χ2v) is 23.0. The molecule has 0 aliphatic rings. The molecule has 2 rings (SSSR count). The Morgan fingerprint density at radius 3 is 2.06 bits per heavy atom. The molecule has 3 nitrogen and oxygen atoms in total. The molecule has 1 N–H and O–H groups in total. The molecule has 1 heterocycles. The van der Waals surface area contributed by atoms with Gasteiger partial charge in [-0.15, -0.1) is 0 Å². The number of halogens is 4. The van der Waals surface area contributed by atoms with Crippen LogP contribution in [-0.4, -0.2) is 21.8 Å². The number of nitrogens with zero attached hydrogens (tertiary/aromatic N) is 2. The Bertz CT molecular complexity index is 448. The summed E-state index contributed by atoms with van der Waals surface area (Å²) in [6.07, 6.45) is 5.26. The molecule has 0 bridgehead atoms. The molecule has 0 atom stereocenters. The van der Waals surface area contributed by atoms with Crippen molar-refractivity contribution in [2.24, 2.45) is 0 Å². The molecule has 2 aromatic rings. The van der Waals surface area contributed by atoms with Crippen molar-refractivity contribution in [1.82, 2.24) is 10.2 Å². The second kappa shape index (κ2) is 9.52. The van der Waals surface area contributed by atoms with E-state index in [1.807, 2.05) is 24.3 Å². The second-order valence-electron chi connectivity index (χ2n) is 3.03. The standard InChI is InChI=1S/C7H5N2.C2H6OS.4ClH.Ru/c1-2-4-7-6(3-1)5-8-9-7;1-4(2)3;;;;;/h1-5H;1-2H3;4*1H;/q-1;;;;;;+4/p+1. The van der Waals surface area contributed by atoms with Gasteiger partial charge in [0.2, 0.25) is 0 Å². The molecule has 18 heavy (non-hydrogen) atoms. The Morgan fingerprint density at radius 1 is 1.17 bits per heavy atom. The normalized spacial score (nSPS) is 11.3. The van der Waals surface area contributed by atoms with Gasteiger partial charge >= 0.3 is 49.6 Å². The summed E-state index contributed by atoms with van der Waals surface area (Å²) in [5, 5.41) is 8.73. The van der Waals surface area contributed by atoms with E-state index in [9.17, 15) is 0 Å². The molecule has 0 saturated carbocycles. The van der Waals surface area contributed by atoms with Crippen molar-refractivity contribution < 1.29 is 53.8 Å². The Balaban J connectivity index is 0.000000278. The van der Waals surface area contributed by atoms with Gasteiger partial charge in [-0.05, 0) is 11.5 Å². The fraction of sp³-hybridized carbons (Fsp3) is 0.222. The third-order valence-electron chi connectivity index (χ3n) is 1.30. The van der Waals surface area contributed by atoms with E-state index in [4.69, 9.17) is 4.21 Å². The van der Waals surface area contributed by atoms with Gasteiger partial charge in [0.05, 0.1) is 12.5 Å². The van der Waals surface area contributed by atoms with Crippen LogP contribution < -0.4 is 5.10 Å². The molecule has 0 unspecified atom stereocenters. The van der Waals surface area contributed by atoms with E-state index < -0.39 is 10.8 Å². The van der Waals surface area contributed by atoms with E-state index in [0.29, 0.717) is 0 Å². The molecule has 0 spiro atoms. The van der Waals surface area contributed by atoms with E-state index in [-0.39, 0.29) is 10.8 Å². The van der Waals surface area contributed by atoms with Gasteiger partial charge in [0.1, 0.15) is 0 Å². The molecule has 0 amide bonds. The molecule has 0 saturated heterocycles. The number of benzene rings is 1. The molecule has 0 radical (unpaired) electrons. The molecular formula is C9H16Cl4N2ORuS+4. The average molecular weight is 443 g/mol. The van der Waals surface area contributed by atoms with Gasteiger partial charge in [-0.25, -0.2) is 0 Å². The predicted molar refractivity (Wildman–Crippen MR) is 61.8 cm³/mol. The fourth-order valence-electron chi connectivity index (χ4n) is 0.841. The largest absolute Gasteiger partial charge is 0.581 e. The number of hydrogen-bond donors (Lipinski definition) is 0. The van der Waals surface area contributed by atoms with Crippen LogP contribution in [0.1, 0.15) is 0 Å². The van der Waals surface area contributed by atoms with Crippen molar-refractivity contribution in [1.29, 1.82) is 0 Å². The summed E-state index contributed by atoms with van der Waals surface area (Å²) in [6.45, 7) is 0. The van der Waals surface area contributed by atoms with Crippen molar-refractivity contribution in [3.8, 4) is 0 Å². The first kappa shape index (κ1) is 18.6. The maximum absolute atomic E-state index is 8.08. The minimum atomic E-state index is -2.53. The molecule has 9 heteroatoms. The fourth-order valence-corrected chi connectivity index (χ4v) is 0.841. The molecule has 0 fully saturated rings. The van der Waals surface area contributed by atoms with Crippen LogP contribution in [-0.2, 0) is 21.6 Å². The van der Waals surface area contributed by atoms with Crippen LogP contribution >= 0.6 is 0 Å². The van der Waals surface area contributed by atoms with Crippen LogP contribution in [0.2, 0.25) is 0 Å². The van der Waals surface area contributed by atoms with Gasteiger partial charge in [-0.1, -0.05) is 18.2 Å². The van der Waals surface area contributed by atoms with Gasteiger partial charge in [-0.2, -0.15) is 6.20 Å². The van der Waals surface area contributed by atoms with E-state index in [1.54, 1.807) is 18.7 Å². The topological polar surface area (TPSA) is 48.4 Å². The first-order valence-corrected chi connectivity index (χ1v) is 16.0. The van der Waals surface area contributed by atoms with Crippen LogP contribution in [0, 0.1) is 38.8 Å². The minimum absolute atomic E-state index is 0.361. The number of fused-ring (bicyclic) bond motifs is 1. The number of hydrogen-bond acceptors (Lipinski definition) is 1. The van der Waals surface area contributed by atoms with Gasteiger partial charge in [0.15, 0.2) is 10.8 Å². The molecule has 1 aromatic carbocycles. The molecule has 0 aliphatic heterocycles. The van der Waals surface area contributed by atoms with Crippen molar-refractivity contribution in [3.63, 3.8) is 0 Å². The number of rotatable bonds is 0. The zero-order valence-corrected chi connectivity index (χ0v) is 15.4. The maximum atomic E-state index is 8.08. The summed E-state index contributed by atoms with van der Waals surface area (Å²) in [4.78, 5) is 0. The first-order valence-electron chi connectivity index (χ1n) is 4.37. The summed E-state index contributed by atoms with van der Waals surface area (Å²) in [5.41, 5.74) is 0.970. The van der Waals surface area contributed by atoms with E-state index in [2.05, 4.69) is 49.0 Å². The van der Waals surface area contributed by atoms with E-state index in [1.165, 1.54) is 0 Å². The predicted octanol–water partition coefficient (Wildman–Crippen LogP) is 0.271.